The average molecular weight is 378 g/mol. The van der Waals surface area contributed by atoms with Gasteiger partial charge in [-0.05, 0) is 18.9 Å². The summed E-state index contributed by atoms with van der Waals surface area (Å²) in [5.41, 5.74) is 1.42. The summed E-state index contributed by atoms with van der Waals surface area (Å²) in [5, 5.41) is 4.13. The van der Waals surface area contributed by atoms with E-state index in [1.54, 1.807) is 25.4 Å². The minimum atomic E-state index is -0.234. The maximum atomic E-state index is 13.2. The second kappa shape index (κ2) is 8.21. The van der Waals surface area contributed by atoms with Crippen molar-refractivity contribution in [1.29, 1.82) is 0 Å². The van der Waals surface area contributed by atoms with Crippen molar-refractivity contribution in [3.05, 3.63) is 60.1 Å². The fraction of sp³-hybridized carbons (Fsp3) is 0.333. The fourth-order valence-corrected chi connectivity index (χ4v) is 3.48. The van der Waals surface area contributed by atoms with Crippen molar-refractivity contribution in [2.45, 2.75) is 31.7 Å². The van der Waals surface area contributed by atoms with Gasteiger partial charge in [0.1, 0.15) is 6.04 Å². The second-order valence-corrected chi connectivity index (χ2v) is 6.78. The minimum absolute atomic E-state index is 0.0819. The standard InChI is InChI=1S/C21H22N4O3/c1-27-18-12-11-16(14-22-18)21(26)25-13-7-3-6-10-17(25)20-23-19(24-28-20)15-8-4-2-5-9-15/h2,4-5,8-9,11-12,14,17H,3,6-7,10,13H2,1H3. The van der Waals surface area contributed by atoms with Crippen molar-refractivity contribution in [1.82, 2.24) is 20.0 Å². The van der Waals surface area contributed by atoms with E-state index in [4.69, 9.17) is 9.26 Å². The highest BCUT2D eigenvalue weighted by atomic mass is 16.5. The molecule has 1 fully saturated rings. The number of likely N-dealkylation sites (tertiary alicyclic amines) is 1. The van der Waals surface area contributed by atoms with Crippen LogP contribution in [0.2, 0.25) is 0 Å². The molecule has 1 saturated heterocycles. The van der Waals surface area contributed by atoms with Gasteiger partial charge in [0, 0.05) is 24.4 Å². The Kier molecular flexibility index (Phi) is 5.32. The smallest absolute Gasteiger partial charge is 0.256 e. The van der Waals surface area contributed by atoms with E-state index in [1.165, 1.54) is 0 Å². The summed E-state index contributed by atoms with van der Waals surface area (Å²) in [7, 11) is 1.55. The van der Waals surface area contributed by atoms with Gasteiger partial charge in [0.15, 0.2) is 0 Å². The van der Waals surface area contributed by atoms with Gasteiger partial charge >= 0.3 is 0 Å². The summed E-state index contributed by atoms with van der Waals surface area (Å²) in [6.07, 6.45) is 5.38. The third-order valence-corrected chi connectivity index (χ3v) is 4.96. The Hall–Kier alpha value is -3.22. The highest BCUT2D eigenvalue weighted by Crippen LogP contribution is 2.31. The molecule has 0 aliphatic carbocycles. The number of pyridine rings is 1. The zero-order valence-electron chi connectivity index (χ0n) is 15.7. The molecule has 1 amide bonds. The molecule has 3 heterocycles. The van der Waals surface area contributed by atoms with Crippen LogP contribution in [0.5, 0.6) is 5.88 Å². The van der Waals surface area contributed by atoms with Crippen molar-refractivity contribution < 1.29 is 14.1 Å². The van der Waals surface area contributed by atoms with Crippen LogP contribution in [0.25, 0.3) is 11.4 Å². The lowest BCUT2D eigenvalue weighted by Crippen LogP contribution is -2.35. The summed E-state index contributed by atoms with van der Waals surface area (Å²) in [5.74, 6) is 1.42. The van der Waals surface area contributed by atoms with E-state index in [0.29, 0.717) is 29.7 Å². The number of methoxy groups -OCH3 is 1. The molecule has 144 valence electrons. The van der Waals surface area contributed by atoms with Crippen molar-refractivity contribution in [2.75, 3.05) is 13.7 Å². The highest BCUT2D eigenvalue weighted by molar-refractivity contribution is 5.94. The molecule has 1 aromatic carbocycles. The van der Waals surface area contributed by atoms with Gasteiger partial charge in [-0.3, -0.25) is 4.79 Å². The van der Waals surface area contributed by atoms with Gasteiger partial charge in [0.2, 0.25) is 17.6 Å². The quantitative estimate of drug-likeness (QED) is 0.685. The predicted molar refractivity (Wildman–Crippen MR) is 103 cm³/mol. The van der Waals surface area contributed by atoms with Crippen LogP contribution < -0.4 is 4.74 Å². The summed E-state index contributed by atoms with van der Waals surface area (Å²) < 4.78 is 10.7. The third kappa shape index (κ3) is 3.74. The van der Waals surface area contributed by atoms with Crippen LogP contribution in [-0.2, 0) is 0 Å². The van der Waals surface area contributed by atoms with Gasteiger partial charge in [0.05, 0.1) is 12.7 Å². The van der Waals surface area contributed by atoms with Gasteiger partial charge < -0.3 is 14.2 Å². The van der Waals surface area contributed by atoms with Crippen molar-refractivity contribution in [2.24, 2.45) is 0 Å². The largest absolute Gasteiger partial charge is 0.481 e. The Morgan fingerprint density at radius 2 is 2.00 bits per heavy atom. The lowest BCUT2D eigenvalue weighted by atomic mass is 10.1. The van der Waals surface area contributed by atoms with Crippen LogP contribution in [0.15, 0.2) is 53.2 Å². The van der Waals surface area contributed by atoms with Gasteiger partial charge in [-0.15, -0.1) is 0 Å². The van der Waals surface area contributed by atoms with E-state index in [9.17, 15) is 4.79 Å². The third-order valence-electron chi connectivity index (χ3n) is 4.96. The molecule has 2 aromatic heterocycles. The molecule has 0 bridgehead atoms. The lowest BCUT2D eigenvalue weighted by molar-refractivity contribution is 0.0644. The SMILES string of the molecule is COc1ccc(C(=O)N2CCCCCC2c2nc(-c3ccccc3)no2)cn1. The highest BCUT2D eigenvalue weighted by Gasteiger charge is 2.32. The topological polar surface area (TPSA) is 81.4 Å². The van der Waals surface area contributed by atoms with E-state index >= 15 is 0 Å². The Bertz CT molecular complexity index is 924. The summed E-state index contributed by atoms with van der Waals surface area (Å²) in [6.45, 7) is 0.651. The van der Waals surface area contributed by atoms with Crippen LogP contribution in [0, 0.1) is 0 Å². The summed E-state index contributed by atoms with van der Waals surface area (Å²) in [4.78, 5) is 23.7. The molecule has 7 nitrogen and oxygen atoms in total. The van der Waals surface area contributed by atoms with E-state index in [-0.39, 0.29) is 11.9 Å². The maximum absolute atomic E-state index is 13.2. The number of amides is 1. The zero-order valence-corrected chi connectivity index (χ0v) is 15.7. The Labute approximate surface area is 163 Å². The van der Waals surface area contributed by atoms with Gasteiger partial charge in [-0.1, -0.05) is 48.3 Å². The molecule has 1 aliphatic rings. The van der Waals surface area contributed by atoms with E-state index in [0.717, 1.165) is 31.2 Å². The monoisotopic (exact) mass is 378 g/mol. The first-order valence-electron chi connectivity index (χ1n) is 9.46. The number of carbonyl (C=O) groups is 1. The molecular weight excluding hydrogens is 356 g/mol. The van der Waals surface area contributed by atoms with E-state index < -0.39 is 0 Å². The number of aromatic nitrogens is 3. The molecule has 1 aliphatic heterocycles. The van der Waals surface area contributed by atoms with E-state index in [2.05, 4.69) is 15.1 Å². The number of benzene rings is 1. The zero-order chi connectivity index (χ0) is 19.3. The maximum Gasteiger partial charge on any atom is 0.256 e. The summed E-state index contributed by atoms with van der Waals surface area (Å²) in [6, 6.07) is 12.9. The molecule has 0 N–H and O–H groups in total. The number of carbonyl (C=O) groups excluding carboxylic acids is 1. The van der Waals surface area contributed by atoms with E-state index in [1.807, 2.05) is 35.2 Å². The number of ether oxygens (including phenoxy) is 1. The average Bonchev–Trinajstić information content (AvgIpc) is 3.12. The first kappa shape index (κ1) is 18.2. The normalized spacial score (nSPS) is 17.2. The lowest BCUT2D eigenvalue weighted by Gasteiger charge is -2.27. The van der Waals surface area contributed by atoms with Crippen LogP contribution in [0.4, 0.5) is 0 Å². The molecule has 28 heavy (non-hydrogen) atoms. The number of hydrogen-bond acceptors (Lipinski definition) is 6. The molecule has 1 unspecified atom stereocenters. The predicted octanol–water partition coefficient (Wildman–Crippen LogP) is 3.90. The fourth-order valence-electron chi connectivity index (χ4n) is 3.48. The Morgan fingerprint density at radius 1 is 1.14 bits per heavy atom. The number of rotatable bonds is 4. The molecular formula is C21H22N4O3. The minimum Gasteiger partial charge on any atom is -0.481 e. The van der Waals surface area contributed by atoms with Gasteiger partial charge in [-0.25, -0.2) is 4.98 Å². The van der Waals surface area contributed by atoms with Gasteiger partial charge in [0.25, 0.3) is 5.91 Å². The molecule has 3 aromatic rings. The van der Waals surface area contributed by atoms with Crippen molar-refractivity contribution in [3.63, 3.8) is 0 Å². The molecule has 4 rings (SSSR count). The number of hydrogen-bond donors (Lipinski definition) is 0. The van der Waals surface area contributed by atoms with Crippen LogP contribution >= 0.6 is 0 Å². The first-order valence-corrected chi connectivity index (χ1v) is 9.46. The molecule has 1 atom stereocenters. The Morgan fingerprint density at radius 3 is 2.75 bits per heavy atom. The second-order valence-electron chi connectivity index (χ2n) is 6.78. The van der Waals surface area contributed by atoms with Crippen molar-refractivity contribution >= 4 is 5.91 Å². The van der Waals surface area contributed by atoms with Gasteiger partial charge in [-0.2, -0.15) is 4.98 Å². The van der Waals surface area contributed by atoms with Crippen molar-refractivity contribution in [3.8, 4) is 17.3 Å². The Balaban J connectivity index is 1.61. The molecule has 0 saturated carbocycles. The first-order chi connectivity index (χ1) is 13.8. The van der Waals surface area contributed by atoms with Crippen LogP contribution in [-0.4, -0.2) is 39.6 Å². The number of nitrogens with zero attached hydrogens (tertiary/aromatic N) is 4. The summed E-state index contributed by atoms with van der Waals surface area (Å²) >= 11 is 0. The molecule has 7 heteroatoms. The van der Waals surface area contributed by atoms with Crippen LogP contribution in [0.1, 0.15) is 48.0 Å². The van der Waals surface area contributed by atoms with Crippen LogP contribution in [0.3, 0.4) is 0 Å². The molecule has 0 radical (unpaired) electrons. The molecule has 0 spiro atoms.